The molecule has 63 valence electrons. The zero-order chi connectivity index (χ0) is 8.97. The highest BCUT2D eigenvalue weighted by atomic mass is 15.0. The van der Waals surface area contributed by atoms with E-state index in [-0.39, 0.29) is 0 Å². The molecule has 0 atom stereocenters. The molecule has 0 fully saturated rings. The van der Waals surface area contributed by atoms with E-state index in [1.165, 1.54) is 11.0 Å². The molecule has 0 aliphatic heterocycles. The van der Waals surface area contributed by atoms with Crippen LogP contribution in [-0.2, 0) is 6.54 Å². The lowest BCUT2D eigenvalue weighted by Gasteiger charge is -2.12. The summed E-state index contributed by atoms with van der Waals surface area (Å²) in [7, 11) is 6.33. The predicted molar refractivity (Wildman–Crippen MR) is 55.1 cm³/mol. The maximum absolute atomic E-state index is 2.18. The first-order valence-electron chi connectivity index (χ1n) is 4.26. The number of hydrogen-bond acceptors (Lipinski definition) is 1. The van der Waals surface area contributed by atoms with Crippen molar-refractivity contribution >= 4 is 12.7 Å². The summed E-state index contributed by atoms with van der Waals surface area (Å²) >= 11 is 0. The number of hydrogen-bond donors (Lipinski definition) is 0. The molecule has 0 amide bonds. The van der Waals surface area contributed by atoms with Gasteiger partial charge in [0.2, 0.25) is 0 Å². The normalized spacial score (nSPS) is 10.3. The van der Waals surface area contributed by atoms with E-state index in [4.69, 9.17) is 0 Å². The Balaban J connectivity index is 2.82. The van der Waals surface area contributed by atoms with Gasteiger partial charge in [-0.05, 0) is 19.7 Å². The highest BCUT2D eigenvalue weighted by Crippen LogP contribution is 1.98. The van der Waals surface area contributed by atoms with E-state index in [0.717, 1.165) is 6.54 Å². The fourth-order valence-electron chi connectivity index (χ4n) is 1.30. The van der Waals surface area contributed by atoms with Crippen LogP contribution in [0.15, 0.2) is 24.3 Å². The highest BCUT2D eigenvalue weighted by Gasteiger charge is 1.99. The van der Waals surface area contributed by atoms with Crippen molar-refractivity contribution < 1.29 is 0 Å². The second-order valence-corrected chi connectivity index (χ2v) is 3.23. The van der Waals surface area contributed by atoms with E-state index < -0.39 is 0 Å². The average molecular weight is 160 g/mol. The minimum Gasteiger partial charge on any atom is -0.305 e. The molecule has 0 aliphatic rings. The maximum atomic E-state index is 2.18. The highest BCUT2D eigenvalue weighted by molar-refractivity contribution is 6.52. The molecule has 0 saturated carbocycles. The van der Waals surface area contributed by atoms with Crippen LogP contribution in [-0.4, -0.2) is 26.3 Å². The topological polar surface area (TPSA) is 3.24 Å². The first kappa shape index (κ1) is 9.33. The van der Waals surface area contributed by atoms with Crippen molar-refractivity contribution in [2.75, 3.05) is 14.1 Å². The maximum Gasteiger partial charge on any atom is 0.148 e. The van der Waals surface area contributed by atoms with Crippen molar-refractivity contribution in [2.24, 2.45) is 0 Å². The van der Waals surface area contributed by atoms with Gasteiger partial charge in [0.1, 0.15) is 7.28 Å². The quantitative estimate of drug-likeness (QED) is 0.599. The standard InChI is InChI=1S/C10H15BN/c1-11-10-7-5-4-6-9(10)8-12(2)3/h4-7H,8H2,1-3H3. The number of benzene rings is 1. The fraction of sp³-hybridized carbons (Fsp3) is 0.400. The molecule has 1 nitrogen and oxygen atoms in total. The summed E-state index contributed by atoms with van der Waals surface area (Å²) in [5.74, 6) is 0. The smallest absolute Gasteiger partial charge is 0.148 e. The lowest BCUT2D eigenvalue weighted by molar-refractivity contribution is 0.403. The first-order chi connectivity index (χ1) is 5.74. The summed E-state index contributed by atoms with van der Waals surface area (Å²) in [6.07, 6.45) is 0. The second kappa shape index (κ2) is 4.32. The van der Waals surface area contributed by atoms with Crippen LogP contribution in [0.5, 0.6) is 0 Å². The zero-order valence-electron chi connectivity index (χ0n) is 8.04. The van der Waals surface area contributed by atoms with Gasteiger partial charge >= 0.3 is 0 Å². The van der Waals surface area contributed by atoms with Crippen LogP contribution in [0.4, 0.5) is 0 Å². The van der Waals surface area contributed by atoms with E-state index in [1.807, 2.05) is 0 Å². The summed E-state index contributed by atoms with van der Waals surface area (Å²) < 4.78 is 0. The molecular weight excluding hydrogens is 145 g/mol. The average Bonchev–Trinajstić information content (AvgIpc) is 2.04. The van der Waals surface area contributed by atoms with Crippen molar-refractivity contribution in [2.45, 2.75) is 13.4 Å². The van der Waals surface area contributed by atoms with Crippen LogP contribution in [0.1, 0.15) is 5.56 Å². The van der Waals surface area contributed by atoms with Gasteiger partial charge < -0.3 is 4.90 Å². The number of rotatable bonds is 3. The number of nitrogens with zero attached hydrogens (tertiary/aromatic N) is 1. The second-order valence-electron chi connectivity index (χ2n) is 3.23. The summed E-state index contributed by atoms with van der Waals surface area (Å²) in [6, 6.07) is 8.49. The molecule has 1 aromatic carbocycles. The molecule has 0 aromatic heterocycles. The molecule has 0 aliphatic carbocycles. The van der Waals surface area contributed by atoms with Gasteiger partial charge in [-0.15, -0.1) is 0 Å². The van der Waals surface area contributed by atoms with Gasteiger partial charge in [-0.1, -0.05) is 36.6 Å². The van der Waals surface area contributed by atoms with Crippen LogP contribution < -0.4 is 5.46 Å². The molecular formula is C10H15BN. The molecule has 0 heterocycles. The summed E-state index contributed by atoms with van der Waals surface area (Å²) in [4.78, 5) is 2.18. The molecule has 1 radical (unpaired) electrons. The Morgan fingerprint density at radius 1 is 1.25 bits per heavy atom. The molecule has 1 rings (SSSR count). The summed E-state index contributed by atoms with van der Waals surface area (Å²) in [5, 5.41) is 0. The van der Waals surface area contributed by atoms with Gasteiger partial charge in [-0.2, -0.15) is 0 Å². The SMILES string of the molecule is C[B]c1ccccc1CN(C)C. The van der Waals surface area contributed by atoms with Crippen molar-refractivity contribution in [1.29, 1.82) is 0 Å². The van der Waals surface area contributed by atoms with Gasteiger partial charge in [0, 0.05) is 6.54 Å². The Hall–Kier alpha value is -0.755. The molecule has 0 saturated heterocycles. The molecule has 0 N–H and O–H groups in total. The van der Waals surface area contributed by atoms with Crippen molar-refractivity contribution in [3.63, 3.8) is 0 Å². The van der Waals surface area contributed by atoms with Gasteiger partial charge in [0.15, 0.2) is 0 Å². The summed E-state index contributed by atoms with van der Waals surface area (Å²) in [5.41, 5.74) is 2.73. The molecule has 0 spiro atoms. The lowest BCUT2D eigenvalue weighted by Crippen LogP contribution is -2.21. The third-order valence-electron chi connectivity index (χ3n) is 1.85. The van der Waals surface area contributed by atoms with E-state index in [9.17, 15) is 0 Å². The van der Waals surface area contributed by atoms with Gasteiger partial charge in [0.05, 0.1) is 0 Å². The van der Waals surface area contributed by atoms with Crippen LogP contribution in [0.2, 0.25) is 6.82 Å². The van der Waals surface area contributed by atoms with E-state index in [0.29, 0.717) is 0 Å². The van der Waals surface area contributed by atoms with Gasteiger partial charge in [-0.25, -0.2) is 0 Å². The molecule has 1 aromatic rings. The zero-order valence-corrected chi connectivity index (χ0v) is 8.04. The minimum absolute atomic E-state index is 1.01. The molecule has 2 heteroatoms. The Bertz CT molecular complexity index is 245. The third-order valence-corrected chi connectivity index (χ3v) is 1.85. The van der Waals surface area contributed by atoms with E-state index >= 15 is 0 Å². The van der Waals surface area contributed by atoms with Crippen LogP contribution in [0, 0.1) is 0 Å². The van der Waals surface area contributed by atoms with Gasteiger partial charge in [0.25, 0.3) is 0 Å². The van der Waals surface area contributed by atoms with E-state index in [1.54, 1.807) is 0 Å². The monoisotopic (exact) mass is 160 g/mol. The lowest BCUT2D eigenvalue weighted by atomic mass is 9.71. The Kier molecular flexibility index (Phi) is 3.36. The molecule has 0 unspecified atom stereocenters. The van der Waals surface area contributed by atoms with Crippen molar-refractivity contribution in [1.82, 2.24) is 4.90 Å². The Morgan fingerprint density at radius 3 is 2.50 bits per heavy atom. The molecule has 0 bridgehead atoms. The Morgan fingerprint density at radius 2 is 1.92 bits per heavy atom. The Labute approximate surface area is 75.6 Å². The van der Waals surface area contributed by atoms with Gasteiger partial charge in [-0.3, -0.25) is 0 Å². The van der Waals surface area contributed by atoms with Crippen LogP contribution in [0.3, 0.4) is 0 Å². The van der Waals surface area contributed by atoms with Crippen LogP contribution in [0.25, 0.3) is 0 Å². The largest absolute Gasteiger partial charge is 0.305 e. The summed E-state index contributed by atoms with van der Waals surface area (Å²) in [6.45, 7) is 3.09. The van der Waals surface area contributed by atoms with Crippen molar-refractivity contribution in [3.8, 4) is 0 Å². The molecule has 12 heavy (non-hydrogen) atoms. The van der Waals surface area contributed by atoms with Crippen LogP contribution >= 0.6 is 0 Å². The third kappa shape index (κ3) is 2.38. The minimum atomic E-state index is 1.01. The first-order valence-corrected chi connectivity index (χ1v) is 4.26. The fourth-order valence-corrected chi connectivity index (χ4v) is 1.30. The van der Waals surface area contributed by atoms with Crippen molar-refractivity contribution in [3.05, 3.63) is 29.8 Å². The predicted octanol–water partition coefficient (Wildman–Crippen LogP) is 1.13. The van der Waals surface area contributed by atoms with E-state index in [2.05, 4.69) is 57.4 Å².